The Bertz CT molecular complexity index is 703. The maximum absolute atomic E-state index is 12.2. The Morgan fingerprint density at radius 3 is 2.63 bits per heavy atom. The van der Waals surface area contributed by atoms with E-state index in [1.807, 2.05) is 0 Å². The molecule has 0 aliphatic carbocycles. The first kappa shape index (κ1) is 13.3. The zero-order chi connectivity index (χ0) is 13.9. The molecular formula is C10H9N5O2S2. The molecular weight excluding hydrogens is 286 g/mol. The molecule has 2 heterocycles. The average molecular weight is 295 g/mol. The highest BCUT2D eigenvalue weighted by Gasteiger charge is 2.21. The average Bonchev–Trinajstić information content (AvgIpc) is 2.39. The molecule has 3 N–H and O–H groups in total. The summed E-state index contributed by atoms with van der Waals surface area (Å²) in [5.74, 6) is 0.0974. The minimum Gasteiger partial charge on any atom is -0.388 e. The first-order valence-electron chi connectivity index (χ1n) is 5.06. The van der Waals surface area contributed by atoms with Crippen LogP contribution in [0.4, 0.5) is 5.82 Å². The summed E-state index contributed by atoms with van der Waals surface area (Å²) in [5.41, 5.74) is 5.49. The second kappa shape index (κ2) is 5.24. The van der Waals surface area contributed by atoms with Gasteiger partial charge in [-0.25, -0.2) is 8.42 Å². The molecule has 0 aliphatic heterocycles. The third kappa shape index (κ3) is 3.01. The molecule has 0 unspecified atom stereocenters. The molecule has 2 rings (SSSR count). The van der Waals surface area contributed by atoms with Crippen LogP contribution in [-0.2, 0) is 10.0 Å². The molecule has 0 atom stereocenters. The lowest BCUT2D eigenvalue weighted by Crippen LogP contribution is -2.21. The number of nitrogens with two attached hydrogens (primary N) is 1. The predicted molar refractivity (Wildman–Crippen MR) is 73.0 cm³/mol. The Hall–Kier alpha value is -2.13. The Labute approximate surface area is 114 Å². The van der Waals surface area contributed by atoms with Crippen molar-refractivity contribution in [2.75, 3.05) is 4.72 Å². The second-order valence-corrected chi connectivity index (χ2v) is 5.52. The summed E-state index contributed by atoms with van der Waals surface area (Å²) in [7, 11) is -3.87. The van der Waals surface area contributed by atoms with Crippen LogP contribution >= 0.6 is 12.2 Å². The number of thiocarbonyl (C=S) groups is 1. The zero-order valence-corrected chi connectivity index (χ0v) is 11.1. The molecule has 2 aromatic heterocycles. The number of hydrogen-bond donors (Lipinski definition) is 2. The molecule has 19 heavy (non-hydrogen) atoms. The lowest BCUT2D eigenvalue weighted by molar-refractivity contribution is 0.600. The summed E-state index contributed by atoms with van der Waals surface area (Å²) in [6, 6.07) is 5.87. The van der Waals surface area contributed by atoms with Gasteiger partial charge in [0.25, 0.3) is 10.0 Å². The van der Waals surface area contributed by atoms with Gasteiger partial charge in [-0.2, -0.15) is 5.10 Å². The third-order valence-electron chi connectivity index (χ3n) is 2.10. The van der Waals surface area contributed by atoms with Gasteiger partial charge in [-0.15, -0.1) is 5.10 Å². The topological polar surface area (TPSA) is 111 Å². The highest BCUT2D eigenvalue weighted by atomic mass is 32.2. The minimum absolute atomic E-state index is 0.0360. The van der Waals surface area contributed by atoms with Crippen LogP contribution in [0.25, 0.3) is 0 Å². The fourth-order valence-corrected chi connectivity index (χ4v) is 2.74. The monoisotopic (exact) mass is 295 g/mol. The van der Waals surface area contributed by atoms with Gasteiger partial charge in [-0.3, -0.25) is 9.71 Å². The van der Waals surface area contributed by atoms with Crippen molar-refractivity contribution in [3.05, 3.63) is 42.4 Å². The van der Waals surface area contributed by atoms with Crippen LogP contribution in [0.5, 0.6) is 0 Å². The minimum atomic E-state index is -3.87. The van der Waals surface area contributed by atoms with E-state index in [0.29, 0.717) is 0 Å². The van der Waals surface area contributed by atoms with Crippen LogP contribution < -0.4 is 10.5 Å². The number of nitrogens with one attached hydrogen (secondary N) is 1. The maximum Gasteiger partial charge on any atom is 0.265 e. The quantitative estimate of drug-likeness (QED) is 0.781. The van der Waals surface area contributed by atoms with Crippen molar-refractivity contribution in [2.24, 2.45) is 5.73 Å². The van der Waals surface area contributed by atoms with Crippen LogP contribution in [0, 0.1) is 0 Å². The smallest absolute Gasteiger partial charge is 0.265 e. The Kier molecular flexibility index (Phi) is 3.67. The largest absolute Gasteiger partial charge is 0.388 e. The van der Waals surface area contributed by atoms with Crippen LogP contribution in [-0.4, -0.2) is 28.6 Å². The number of aromatic nitrogens is 3. The van der Waals surface area contributed by atoms with E-state index in [0.717, 1.165) is 0 Å². The number of rotatable bonds is 4. The normalized spacial score (nSPS) is 10.9. The van der Waals surface area contributed by atoms with Gasteiger partial charge in [-0.1, -0.05) is 12.2 Å². The fourth-order valence-electron chi connectivity index (χ4n) is 1.34. The summed E-state index contributed by atoms with van der Waals surface area (Å²) in [6.45, 7) is 0. The van der Waals surface area contributed by atoms with E-state index < -0.39 is 10.0 Å². The number of pyridine rings is 1. The van der Waals surface area contributed by atoms with Crippen LogP contribution in [0.2, 0.25) is 0 Å². The molecule has 0 saturated heterocycles. The van der Waals surface area contributed by atoms with Crippen molar-refractivity contribution in [1.82, 2.24) is 15.2 Å². The molecule has 7 nitrogen and oxygen atoms in total. The Morgan fingerprint density at radius 2 is 2.00 bits per heavy atom. The molecule has 0 spiro atoms. The Morgan fingerprint density at radius 1 is 1.26 bits per heavy atom. The lowest BCUT2D eigenvalue weighted by atomic mass is 10.3. The summed E-state index contributed by atoms with van der Waals surface area (Å²) >= 11 is 4.78. The Balaban J connectivity index is 2.43. The number of anilines is 1. The van der Waals surface area contributed by atoms with Gasteiger partial charge in [0.1, 0.15) is 15.6 Å². The summed E-state index contributed by atoms with van der Waals surface area (Å²) in [5, 5.41) is 7.22. The highest BCUT2D eigenvalue weighted by molar-refractivity contribution is 7.93. The lowest BCUT2D eigenvalue weighted by Gasteiger charge is -2.09. The molecule has 0 bridgehead atoms. The number of nitrogens with zero attached hydrogens (tertiary/aromatic N) is 3. The summed E-state index contributed by atoms with van der Waals surface area (Å²) in [6.07, 6.45) is 2.85. The zero-order valence-electron chi connectivity index (χ0n) is 9.52. The van der Waals surface area contributed by atoms with E-state index in [-0.39, 0.29) is 21.4 Å². The maximum atomic E-state index is 12.2. The van der Waals surface area contributed by atoms with Crippen molar-refractivity contribution >= 4 is 33.0 Å². The predicted octanol–water partition coefficient (Wildman–Crippen LogP) is 0.307. The molecule has 2 aromatic rings. The SMILES string of the molecule is NC(=S)c1ncccc1S(=O)(=O)Nc1cccnn1. The van der Waals surface area contributed by atoms with Crippen molar-refractivity contribution in [1.29, 1.82) is 0 Å². The molecule has 0 radical (unpaired) electrons. The van der Waals surface area contributed by atoms with Gasteiger partial charge < -0.3 is 5.73 Å². The van der Waals surface area contributed by atoms with Crippen LogP contribution in [0.15, 0.2) is 41.6 Å². The van der Waals surface area contributed by atoms with Crippen molar-refractivity contribution in [2.45, 2.75) is 4.90 Å². The van der Waals surface area contributed by atoms with Gasteiger partial charge in [0.15, 0.2) is 5.82 Å². The van der Waals surface area contributed by atoms with Crippen molar-refractivity contribution in [3.8, 4) is 0 Å². The van der Waals surface area contributed by atoms with Gasteiger partial charge in [0.2, 0.25) is 0 Å². The van der Waals surface area contributed by atoms with Gasteiger partial charge in [-0.05, 0) is 24.3 Å². The second-order valence-electron chi connectivity index (χ2n) is 3.43. The summed E-state index contributed by atoms with van der Waals surface area (Å²) in [4.78, 5) is 3.66. The number of sulfonamides is 1. The van der Waals surface area contributed by atoms with Crippen molar-refractivity contribution < 1.29 is 8.42 Å². The van der Waals surface area contributed by atoms with Gasteiger partial charge >= 0.3 is 0 Å². The first-order valence-corrected chi connectivity index (χ1v) is 6.95. The van der Waals surface area contributed by atoms with Crippen molar-refractivity contribution in [3.63, 3.8) is 0 Å². The first-order chi connectivity index (χ1) is 9.00. The third-order valence-corrected chi connectivity index (χ3v) is 3.68. The van der Waals surface area contributed by atoms with E-state index >= 15 is 0 Å². The highest BCUT2D eigenvalue weighted by Crippen LogP contribution is 2.16. The molecule has 0 amide bonds. The molecule has 0 fully saturated rings. The van der Waals surface area contributed by atoms with E-state index in [2.05, 4.69) is 19.9 Å². The molecule has 0 aliphatic rings. The van der Waals surface area contributed by atoms with E-state index in [4.69, 9.17) is 18.0 Å². The van der Waals surface area contributed by atoms with E-state index in [1.165, 1.54) is 30.6 Å². The van der Waals surface area contributed by atoms with Gasteiger partial charge in [0, 0.05) is 12.4 Å². The van der Waals surface area contributed by atoms with E-state index in [9.17, 15) is 8.42 Å². The molecule has 0 aromatic carbocycles. The standard InChI is InChI=1S/C10H9N5O2S2/c11-10(18)9-7(3-1-5-12-9)19(16,17)15-8-4-2-6-13-14-8/h1-6H,(H2,11,18)(H,14,15). The molecule has 9 heteroatoms. The van der Waals surface area contributed by atoms with Crippen LogP contribution in [0.3, 0.4) is 0 Å². The van der Waals surface area contributed by atoms with Crippen LogP contribution in [0.1, 0.15) is 5.69 Å². The fraction of sp³-hybridized carbons (Fsp3) is 0. The molecule has 98 valence electrons. The van der Waals surface area contributed by atoms with E-state index in [1.54, 1.807) is 6.07 Å². The number of hydrogen-bond acceptors (Lipinski definition) is 6. The molecule has 0 saturated carbocycles. The van der Waals surface area contributed by atoms with Gasteiger partial charge in [0.05, 0.1) is 0 Å². The summed E-state index contributed by atoms with van der Waals surface area (Å²) < 4.78 is 26.7.